The second kappa shape index (κ2) is 4.53. The van der Waals surface area contributed by atoms with E-state index >= 15 is 0 Å². The van der Waals surface area contributed by atoms with Crippen molar-refractivity contribution in [3.8, 4) is 0 Å². The standard InChI is InChI=1S/C10H13ClN4S/c1-6-10(11)9(15(2)14-6)3-7(12)8-4-16-5-13-8/h4-5,7H,3,12H2,1-2H3. The van der Waals surface area contributed by atoms with E-state index in [2.05, 4.69) is 10.1 Å². The highest BCUT2D eigenvalue weighted by Crippen LogP contribution is 2.24. The molecule has 0 aliphatic heterocycles. The molecule has 86 valence electrons. The van der Waals surface area contributed by atoms with E-state index in [-0.39, 0.29) is 6.04 Å². The summed E-state index contributed by atoms with van der Waals surface area (Å²) in [5, 5.41) is 6.92. The minimum absolute atomic E-state index is 0.126. The summed E-state index contributed by atoms with van der Waals surface area (Å²) in [6.45, 7) is 1.89. The Morgan fingerprint density at radius 1 is 1.62 bits per heavy atom. The number of hydrogen-bond donors (Lipinski definition) is 1. The van der Waals surface area contributed by atoms with Crippen molar-refractivity contribution in [3.05, 3.63) is 33.0 Å². The van der Waals surface area contributed by atoms with Gasteiger partial charge in [0.2, 0.25) is 0 Å². The van der Waals surface area contributed by atoms with Crippen LogP contribution in [0.15, 0.2) is 10.9 Å². The lowest BCUT2D eigenvalue weighted by Gasteiger charge is -2.09. The van der Waals surface area contributed by atoms with Gasteiger partial charge < -0.3 is 5.73 Å². The molecule has 2 aromatic rings. The van der Waals surface area contributed by atoms with Crippen LogP contribution in [0.2, 0.25) is 5.02 Å². The number of nitrogens with zero attached hydrogens (tertiary/aromatic N) is 3. The lowest BCUT2D eigenvalue weighted by molar-refractivity contribution is 0.631. The van der Waals surface area contributed by atoms with Gasteiger partial charge in [0, 0.05) is 18.8 Å². The average molecular weight is 257 g/mol. The van der Waals surface area contributed by atoms with Crippen molar-refractivity contribution in [2.45, 2.75) is 19.4 Å². The molecule has 6 heteroatoms. The number of halogens is 1. The van der Waals surface area contributed by atoms with Gasteiger partial charge in [0.1, 0.15) is 0 Å². The summed E-state index contributed by atoms with van der Waals surface area (Å²) in [5.74, 6) is 0. The SMILES string of the molecule is Cc1nn(C)c(CC(N)c2cscn2)c1Cl. The molecule has 0 amide bonds. The number of thiazole rings is 1. The number of hydrogen-bond acceptors (Lipinski definition) is 4. The average Bonchev–Trinajstić information content (AvgIpc) is 2.83. The fourth-order valence-electron chi connectivity index (χ4n) is 1.62. The van der Waals surface area contributed by atoms with Gasteiger partial charge in [0.05, 0.1) is 33.7 Å². The van der Waals surface area contributed by atoms with Gasteiger partial charge in [-0.2, -0.15) is 5.10 Å². The Morgan fingerprint density at radius 3 is 2.88 bits per heavy atom. The number of aromatic nitrogens is 3. The van der Waals surface area contributed by atoms with Gasteiger partial charge >= 0.3 is 0 Å². The van der Waals surface area contributed by atoms with Crippen LogP contribution in [0.5, 0.6) is 0 Å². The maximum absolute atomic E-state index is 6.16. The first-order chi connectivity index (χ1) is 7.59. The maximum Gasteiger partial charge on any atom is 0.0847 e. The fourth-order valence-corrected chi connectivity index (χ4v) is 2.48. The zero-order valence-corrected chi connectivity index (χ0v) is 10.7. The molecule has 0 fully saturated rings. The summed E-state index contributed by atoms with van der Waals surface area (Å²) in [6, 6.07) is -0.126. The molecule has 1 atom stereocenters. The van der Waals surface area contributed by atoms with Gasteiger partial charge in [0.15, 0.2) is 0 Å². The molecule has 2 aromatic heterocycles. The summed E-state index contributed by atoms with van der Waals surface area (Å²) in [6.07, 6.45) is 0.653. The lowest BCUT2D eigenvalue weighted by Crippen LogP contribution is -2.15. The second-order valence-corrected chi connectivity index (χ2v) is 4.79. The van der Waals surface area contributed by atoms with E-state index < -0.39 is 0 Å². The summed E-state index contributed by atoms with van der Waals surface area (Å²) in [5.41, 5.74) is 10.5. The summed E-state index contributed by atoms with van der Waals surface area (Å²) in [7, 11) is 1.88. The molecule has 0 aromatic carbocycles. The monoisotopic (exact) mass is 256 g/mol. The largest absolute Gasteiger partial charge is 0.322 e. The van der Waals surface area contributed by atoms with Crippen LogP contribution in [0.3, 0.4) is 0 Å². The Bertz CT molecular complexity index is 477. The van der Waals surface area contributed by atoms with Crippen LogP contribution in [0.25, 0.3) is 0 Å². The Hall–Kier alpha value is -0.910. The van der Waals surface area contributed by atoms with Crippen molar-refractivity contribution in [3.63, 3.8) is 0 Å². The summed E-state index contributed by atoms with van der Waals surface area (Å²) >= 11 is 7.71. The first-order valence-corrected chi connectivity index (χ1v) is 6.23. The molecule has 0 saturated carbocycles. The quantitative estimate of drug-likeness (QED) is 0.915. The topological polar surface area (TPSA) is 56.7 Å². The number of nitrogens with two attached hydrogens (primary N) is 1. The molecule has 0 aliphatic carbocycles. The number of rotatable bonds is 3. The first kappa shape index (κ1) is 11.6. The van der Waals surface area contributed by atoms with Crippen LogP contribution in [-0.4, -0.2) is 14.8 Å². The van der Waals surface area contributed by atoms with Crippen LogP contribution in [0, 0.1) is 6.92 Å². The normalized spacial score (nSPS) is 13.0. The van der Waals surface area contributed by atoms with Crippen LogP contribution in [0.4, 0.5) is 0 Å². The van der Waals surface area contributed by atoms with E-state index in [1.54, 1.807) is 21.5 Å². The highest BCUT2D eigenvalue weighted by Gasteiger charge is 2.16. The maximum atomic E-state index is 6.16. The summed E-state index contributed by atoms with van der Waals surface area (Å²) < 4.78 is 1.78. The Morgan fingerprint density at radius 2 is 2.38 bits per heavy atom. The van der Waals surface area contributed by atoms with Crippen molar-refractivity contribution in [2.24, 2.45) is 12.8 Å². The highest BCUT2D eigenvalue weighted by molar-refractivity contribution is 7.07. The molecular formula is C10H13ClN4S. The van der Waals surface area contributed by atoms with E-state index in [0.717, 1.165) is 17.1 Å². The van der Waals surface area contributed by atoms with Crippen molar-refractivity contribution in [2.75, 3.05) is 0 Å². The summed E-state index contributed by atoms with van der Waals surface area (Å²) in [4.78, 5) is 4.20. The molecule has 0 saturated heterocycles. The molecule has 0 spiro atoms. The van der Waals surface area contributed by atoms with Crippen molar-refractivity contribution in [1.29, 1.82) is 0 Å². The molecule has 2 N–H and O–H groups in total. The molecule has 1 unspecified atom stereocenters. The molecule has 0 bridgehead atoms. The fraction of sp³-hybridized carbons (Fsp3) is 0.400. The third-order valence-electron chi connectivity index (χ3n) is 2.51. The van der Waals surface area contributed by atoms with Crippen LogP contribution in [0.1, 0.15) is 23.1 Å². The number of aryl methyl sites for hydroxylation is 2. The highest BCUT2D eigenvalue weighted by atomic mass is 35.5. The lowest BCUT2D eigenvalue weighted by atomic mass is 10.1. The Balaban J connectivity index is 2.21. The third kappa shape index (κ3) is 2.11. The van der Waals surface area contributed by atoms with Gasteiger partial charge in [-0.1, -0.05) is 11.6 Å². The van der Waals surface area contributed by atoms with Gasteiger partial charge in [-0.05, 0) is 6.92 Å². The molecule has 2 heterocycles. The zero-order chi connectivity index (χ0) is 11.7. The van der Waals surface area contributed by atoms with Gasteiger partial charge in [0.25, 0.3) is 0 Å². The van der Waals surface area contributed by atoms with E-state index in [1.807, 2.05) is 19.4 Å². The van der Waals surface area contributed by atoms with Crippen LogP contribution < -0.4 is 5.73 Å². The van der Waals surface area contributed by atoms with Gasteiger partial charge in [-0.15, -0.1) is 11.3 Å². The molecule has 0 aliphatic rings. The Kier molecular flexibility index (Phi) is 3.28. The van der Waals surface area contributed by atoms with E-state index in [0.29, 0.717) is 11.4 Å². The predicted molar refractivity (Wildman–Crippen MR) is 65.7 cm³/mol. The van der Waals surface area contributed by atoms with Gasteiger partial charge in [-0.3, -0.25) is 4.68 Å². The van der Waals surface area contributed by atoms with E-state index in [1.165, 1.54) is 0 Å². The molecular weight excluding hydrogens is 244 g/mol. The molecule has 0 radical (unpaired) electrons. The second-order valence-electron chi connectivity index (χ2n) is 3.69. The smallest absolute Gasteiger partial charge is 0.0847 e. The van der Waals surface area contributed by atoms with Crippen molar-refractivity contribution >= 4 is 22.9 Å². The van der Waals surface area contributed by atoms with Crippen LogP contribution >= 0.6 is 22.9 Å². The van der Waals surface area contributed by atoms with Crippen LogP contribution in [-0.2, 0) is 13.5 Å². The molecule has 16 heavy (non-hydrogen) atoms. The van der Waals surface area contributed by atoms with Gasteiger partial charge in [-0.25, -0.2) is 4.98 Å². The minimum Gasteiger partial charge on any atom is -0.322 e. The van der Waals surface area contributed by atoms with Crippen molar-refractivity contribution in [1.82, 2.24) is 14.8 Å². The minimum atomic E-state index is -0.126. The first-order valence-electron chi connectivity index (χ1n) is 4.91. The Labute approximate surface area is 103 Å². The molecule has 4 nitrogen and oxygen atoms in total. The third-order valence-corrected chi connectivity index (χ3v) is 3.60. The van der Waals surface area contributed by atoms with E-state index in [4.69, 9.17) is 17.3 Å². The van der Waals surface area contributed by atoms with E-state index in [9.17, 15) is 0 Å². The predicted octanol–water partition coefficient (Wildman–Crippen LogP) is 2.08. The molecule has 2 rings (SSSR count). The zero-order valence-electron chi connectivity index (χ0n) is 9.14. The van der Waals surface area contributed by atoms with Crippen molar-refractivity contribution < 1.29 is 0 Å².